The van der Waals surface area contributed by atoms with E-state index in [2.05, 4.69) is 30.8 Å². The van der Waals surface area contributed by atoms with Crippen LogP contribution in [0, 0.1) is 0 Å². The zero-order valence-electron chi connectivity index (χ0n) is 10.7. The third kappa shape index (κ3) is 3.85. The Kier molecular flexibility index (Phi) is 5.17. The molecule has 0 saturated heterocycles. The molecule has 0 aliphatic carbocycles. The van der Waals surface area contributed by atoms with Gasteiger partial charge in [-0.1, -0.05) is 0 Å². The van der Waals surface area contributed by atoms with Crippen molar-refractivity contribution in [2.45, 2.75) is 0 Å². The molecule has 20 heavy (non-hydrogen) atoms. The molecule has 10 nitrogen and oxygen atoms in total. The molecule has 0 fully saturated rings. The highest BCUT2D eigenvalue weighted by atomic mass is 16.5. The number of aromatic nitrogens is 5. The molecule has 0 bridgehead atoms. The van der Waals surface area contributed by atoms with Crippen molar-refractivity contribution in [3.8, 4) is 5.95 Å². The SMILES string of the molecule is NNc1nc(NCCOCCO)nc(-n2cccn2)n1. The Hall–Kier alpha value is -2.30. The van der Waals surface area contributed by atoms with Gasteiger partial charge in [0.2, 0.25) is 11.9 Å². The van der Waals surface area contributed by atoms with E-state index in [0.29, 0.717) is 31.7 Å². The van der Waals surface area contributed by atoms with Crippen LogP contribution >= 0.6 is 0 Å². The molecule has 2 heterocycles. The first kappa shape index (κ1) is 14.1. The van der Waals surface area contributed by atoms with Gasteiger partial charge >= 0.3 is 0 Å². The summed E-state index contributed by atoms with van der Waals surface area (Å²) in [5.74, 6) is 6.25. The fourth-order valence-corrected chi connectivity index (χ4v) is 1.40. The maximum atomic E-state index is 8.58. The number of anilines is 2. The van der Waals surface area contributed by atoms with Gasteiger partial charge < -0.3 is 15.2 Å². The third-order valence-corrected chi connectivity index (χ3v) is 2.23. The number of nitrogens with two attached hydrogens (primary N) is 1. The van der Waals surface area contributed by atoms with Crippen molar-refractivity contribution >= 4 is 11.9 Å². The lowest BCUT2D eigenvalue weighted by Crippen LogP contribution is -2.18. The Morgan fingerprint density at radius 1 is 1.25 bits per heavy atom. The number of rotatable bonds is 8. The van der Waals surface area contributed by atoms with E-state index in [-0.39, 0.29) is 12.6 Å². The van der Waals surface area contributed by atoms with E-state index in [1.165, 1.54) is 4.68 Å². The highest BCUT2D eigenvalue weighted by Crippen LogP contribution is 2.07. The Morgan fingerprint density at radius 2 is 2.10 bits per heavy atom. The van der Waals surface area contributed by atoms with E-state index in [1.54, 1.807) is 18.5 Å². The zero-order valence-corrected chi connectivity index (χ0v) is 10.7. The average Bonchev–Trinajstić information content (AvgIpc) is 3.01. The fraction of sp³-hybridized carbons (Fsp3) is 0.400. The second-order valence-electron chi connectivity index (χ2n) is 3.64. The molecule has 0 aromatic carbocycles. The first-order valence-corrected chi connectivity index (χ1v) is 5.98. The van der Waals surface area contributed by atoms with Crippen LogP contribution in [-0.4, -0.2) is 56.2 Å². The van der Waals surface area contributed by atoms with Gasteiger partial charge in [0.25, 0.3) is 5.95 Å². The van der Waals surface area contributed by atoms with Crippen LogP contribution in [-0.2, 0) is 4.74 Å². The summed E-state index contributed by atoms with van der Waals surface area (Å²) in [5.41, 5.74) is 2.37. The maximum absolute atomic E-state index is 8.58. The van der Waals surface area contributed by atoms with Crippen LogP contribution in [0.2, 0.25) is 0 Å². The average molecular weight is 280 g/mol. The smallest absolute Gasteiger partial charge is 0.257 e. The molecule has 5 N–H and O–H groups in total. The van der Waals surface area contributed by atoms with Crippen LogP contribution in [0.4, 0.5) is 11.9 Å². The largest absolute Gasteiger partial charge is 0.394 e. The Morgan fingerprint density at radius 3 is 2.80 bits per heavy atom. The second kappa shape index (κ2) is 7.33. The first-order valence-electron chi connectivity index (χ1n) is 5.98. The summed E-state index contributed by atoms with van der Waals surface area (Å²) in [6, 6.07) is 1.76. The van der Waals surface area contributed by atoms with Gasteiger partial charge in [-0.15, -0.1) is 0 Å². The molecule has 0 spiro atoms. The molecule has 10 heteroatoms. The predicted octanol–water partition coefficient (Wildman–Crippen LogP) is -1.24. The second-order valence-corrected chi connectivity index (χ2v) is 3.64. The van der Waals surface area contributed by atoms with Gasteiger partial charge in [-0.25, -0.2) is 10.5 Å². The quantitative estimate of drug-likeness (QED) is 0.266. The van der Waals surface area contributed by atoms with Crippen molar-refractivity contribution in [2.24, 2.45) is 5.84 Å². The van der Waals surface area contributed by atoms with Gasteiger partial charge in [0.15, 0.2) is 0 Å². The number of hydrogen-bond donors (Lipinski definition) is 4. The van der Waals surface area contributed by atoms with Crippen molar-refractivity contribution in [3.05, 3.63) is 18.5 Å². The van der Waals surface area contributed by atoms with E-state index in [1.807, 2.05) is 0 Å². The van der Waals surface area contributed by atoms with Gasteiger partial charge in [-0.2, -0.15) is 20.1 Å². The lowest BCUT2D eigenvalue weighted by molar-refractivity contribution is 0.0991. The number of hydrazine groups is 1. The molecule has 0 unspecified atom stereocenters. The molecular formula is C10H16N8O2. The Bertz CT molecular complexity index is 518. The summed E-state index contributed by atoms with van der Waals surface area (Å²) in [5, 5.41) is 15.6. The van der Waals surface area contributed by atoms with Gasteiger partial charge in [0.05, 0.1) is 19.8 Å². The van der Waals surface area contributed by atoms with Gasteiger partial charge in [-0.05, 0) is 6.07 Å². The molecule has 0 aliphatic rings. The third-order valence-electron chi connectivity index (χ3n) is 2.23. The van der Waals surface area contributed by atoms with Gasteiger partial charge in [-0.3, -0.25) is 5.43 Å². The normalized spacial score (nSPS) is 10.5. The van der Waals surface area contributed by atoms with Crippen LogP contribution in [0.3, 0.4) is 0 Å². The van der Waals surface area contributed by atoms with Crippen LogP contribution in [0.25, 0.3) is 5.95 Å². The van der Waals surface area contributed by atoms with Crippen molar-refractivity contribution in [3.63, 3.8) is 0 Å². The standard InChI is InChI=1S/C10H16N8O2/c11-17-9-14-8(12-3-6-20-7-5-19)15-10(16-9)18-4-1-2-13-18/h1-2,4,19H,3,5-7,11H2,(H2,12,14,15,16,17). The van der Waals surface area contributed by atoms with E-state index in [0.717, 1.165) is 0 Å². The van der Waals surface area contributed by atoms with E-state index in [9.17, 15) is 0 Å². The Labute approximate surface area is 115 Å². The summed E-state index contributed by atoms with van der Waals surface area (Å²) >= 11 is 0. The molecule has 108 valence electrons. The number of nitrogens with zero attached hydrogens (tertiary/aromatic N) is 5. The lowest BCUT2D eigenvalue weighted by Gasteiger charge is -2.08. The molecule has 0 aliphatic heterocycles. The Balaban J connectivity index is 2.03. The molecule has 2 aromatic rings. The highest BCUT2D eigenvalue weighted by molar-refractivity contribution is 5.36. The molecule has 2 rings (SSSR count). The van der Waals surface area contributed by atoms with E-state index < -0.39 is 0 Å². The topological polar surface area (TPSA) is 136 Å². The number of aliphatic hydroxyl groups is 1. The minimum atomic E-state index is -0.00353. The predicted molar refractivity (Wildman–Crippen MR) is 71.2 cm³/mol. The maximum Gasteiger partial charge on any atom is 0.257 e. The minimum Gasteiger partial charge on any atom is -0.394 e. The van der Waals surface area contributed by atoms with Crippen molar-refractivity contribution in [2.75, 3.05) is 37.1 Å². The van der Waals surface area contributed by atoms with Crippen molar-refractivity contribution in [1.82, 2.24) is 24.7 Å². The molecular weight excluding hydrogens is 264 g/mol. The molecule has 0 amide bonds. The molecule has 0 saturated carbocycles. The number of nitrogens with one attached hydrogen (secondary N) is 2. The van der Waals surface area contributed by atoms with Crippen molar-refractivity contribution < 1.29 is 9.84 Å². The van der Waals surface area contributed by atoms with Gasteiger partial charge in [0, 0.05) is 18.9 Å². The van der Waals surface area contributed by atoms with Crippen LogP contribution in [0.15, 0.2) is 18.5 Å². The minimum absolute atomic E-state index is 0.00353. The summed E-state index contributed by atoms with van der Waals surface area (Å²) in [6.45, 7) is 1.21. The van der Waals surface area contributed by atoms with Gasteiger partial charge in [0.1, 0.15) is 0 Å². The van der Waals surface area contributed by atoms with Crippen LogP contribution < -0.4 is 16.6 Å². The van der Waals surface area contributed by atoms with E-state index in [4.69, 9.17) is 15.7 Å². The van der Waals surface area contributed by atoms with Crippen molar-refractivity contribution in [1.29, 1.82) is 0 Å². The highest BCUT2D eigenvalue weighted by Gasteiger charge is 2.07. The summed E-state index contributed by atoms with van der Waals surface area (Å²) in [7, 11) is 0. The lowest BCUT2D eigenvalue weighted by atomic mass is 10.6. The molecule has 2 aromatic heterocycles. The van der Waals surface area contributed by atoms with Crippen LogP contribution in [0.1, 0.15) is 0 Å². The van der Waals surface area contributed by atoms with Crippen LogP contribution in [0.5, 0.6) is 0 Å². The number of aliphatic hydroxyl groups excluding tert-OH is 1. The molecule has 0 radical (unpaired) electrons. The zero-order chi connectivity index (χ0) is 14.2. The molecule has 0 atom stereocenters. The monoisotopic (exact) mass is 280 g/mol. The number of ether oxygens (including phenoxy) is 1. The summed E-state index contributed by atoms with van der Waals surface area (Å²) in [4.78, 5) is 12.4. The fourth-order valence-electron chi connectivity index (χ4n) is 1.40. The number of hydrogen-bond acceptors (Lipinski definition) is 9. The van der Waals surface area contributed by atoms with E-state index >= 15 is 0 Å². The first-order chi connectivity index (χ1) is 9.83. The summed E-state index contributed by atoms with van der Waals surface area (Å²) in [6.07, 6.45) is 3.33. The summed E-state index contributed by atoms with van der Waals surface area (Å²) < 4.78 is 6.62. The number of nitrogen functional groups attached to an aromatic ring is 1.